The van der Waals surface area contributed by atoms with Gasteiger partial charge < -0.3 is 9.80 Å². The van der Waals surface area contributed by atoms with Gasteiger partial charge in [0.25, 0.3) is 6.71 Å². The molecule has 2 aliphatic heterocycles. The molecule has 10 rings (SSSR count). The fraction of sp³-hybridized carbons (Fsp3) is 0.390. The molecule has 0 saturated carbocycles. The zero-order valence-electron chi connectivity index (χ0n) is 40.3. The highest BCUT2D eigenvalue weighted by Gasteiger charge is 2.49. The Labute approximate surface area is 373 Å². The molecule has 0 spiro atoms. The van der Waals surface area contributed by atoms with E-state index in [0.717, 1.165) is 12.8 Å². The van der Waals surface area contributed by atoms with Crippen LogP contribution >= 0.6 is 0 Å². The molecule has 0 bridgehead atoms. The molecule has 0 amide bonds. The lowest BCUT2D eigenvalue weighted by atomic mass is 9.33. The number of benzene rings is 6. The summed E-state index contributed by atoms with van der Waals surface area (Å²) in [7, 11) is 0. The first-order chi connectivity index (χ1) is 28.9. The van der Waals surface area contributed by atoms with E-state index in [1.54, 1.807) is 0 Å². The maximum Gasteiger partial charge on any atom is 0.252 e. The van der Waals surface area contributed by atoms with Gasteiger partial charge >= 0.3 is 0 Å². The Bertz CT molecular complexity index is 2840. The third-order valence-electron chi connectivity index (χ3n) is 15.4. The van der Waals surface area contributed by atoms with E-state index in [1.165, 1.54) is 101 Å². The van der Waals surface area contributed by atoms with Crippen molar-refractivity contribution >= 4 is 57.2 Å². The number of nitrogens with zero attached hydrogens (tertiary/aromatic N) is 2. The van der Waals surface area contributed by atoms with Gasteiger partial charge in [0, 0.05) is 34.1 Å². The number of anilines is 6. The van der Waals surface area contributed by atoms with Crippen LogP contribution in [0.1, 0.15) is 149 Å². The lowest BCUT2D eigenvalue weighted by Gasteiger charge is -2.46. The van der Waals surface area contributed by atoms with Gasteiger partial charge in [0.2, 0.25) is 0 Å². The Hall–Kier alpha value is -5.02. The molecular formula is C59H67BN2. The smallest absolute Gasteiger partial charge is 0.252 e. The Balaban J connectivity index is 1.35. The monoisotopic (exact) mass is 815 g/mol. The van der Waals surface area contributed by atoms with E-state index in [1.807, 2.05) is 0 Å². The molecule has 2 heterocycles. The van der Waals surface area contributed by atoms with Crippen LogP contribution in [0.15, 0.2) is 109 Å². The zero-order chi connectivity index (χ0) is 44.3. The van der Waals surface area contributed by atoms with Crippen molar-refractivity contribution in [3.63, 3.8) is 0 Å². The summed E-state index contributed by atoms with van der Waals surface area (Å²) >= 11 is 0. The highest BCUT2D eigenvalue weighted by Crippen LogP contribution is 2.55. The van der Waals surface area contributed by atoms with Crippen LogP contribution < -0.4 is 26.2 Å². The molecule has 0 fully saturated rings. The van der Waals surface area contributed by atoms with Crippen molar-refractivity contribution in [2.75, 3.05) is 9.80 Å². The van der Waals surface area contributed by atoms with E-state index in [2.05, 4.69) is 223 Å². The maximum absolute atomic E-state index is 2.70. The lowest BCUT2D eigenvalue weighted by Crippen LogP contribution is -2.62. The average Bonchev–Trinajstić information content (AvgIpc) is 3.50. The first-order valence-corrected chi connectivity index (χ1v) is 23.3. The number of fused-ring (bicyclic) bond motifs is 6. The standard InChI is InChI=1S/C59H67BN2/c1-36-21-22-38(37-19-17-16-18-20-37)27-49(36)62-48-26-23-39(54(2,3)4)28-46(48)60-47-32-44-45(59(14,15)35-58(44,12)13)33-50(47)61(51-29-40(55(5,6)7)30-52(62)53(51)60)41-24-25-42-43(31-41)57(10,11)34-56(42,8)9/h16-33H,34-35H2,1-15H3. The molecule has 62 heavy (non-hydrogen) atoms. The van der Waals surface area contributed by atoms with Crippen molar-refractivity contribution in [3.8, 4) is 11.1 Å². The Morgan fingerprint density at radius 3 is 1.63 bits per heavy atom. The third kappa shape index (κ3) is 6.11. The second kappa shape index (κ2) is 13.0. The van der Waals surface area contributed by atoms with Crippen LogP contribution in [0.25, 0.3) is 11.1 Å². The van der Waals surface area contributed by atoms with Gasteiger partial charge in [0.05, 0.1) is 0 Å². The van der Waals surface area contributed by atoms with Gasteiger partial charge in [0.1, 0.15) is 0 Å². The molecular weight excluding hydrogens is 747 g/mol. The fourth-order valence-electron chi connectivity index (χ4n) is 12.7. The quantitative estimate of drug-likeness (QED) is 0.164. The summed E-state index contributed by atoms with van der Waals surface area (Å²) in [6, 6.07) is 43.3. The molecule has 0 radical (unpaired) electrons. The summed E-state index contributed by atoms with van der Waals surface area (Å²) < 4.78 is 0. The molecule has 4 aliphatic rings. The molecule has 2 aliphatic carbocycles. The van der Waals surface area contributed by atoms with Crippen LogP contribution in [-0.2, 0) is 32.5 Å². The SMILES string of the molecule is Cc1ccc(-c2ccccc2)cc1N1c2ccc(C(C)(C)C)cc2B2c3cc4c(cc3N(c3ccc5c(c3)C(C)(C)CC5(C)C)c3cc(C(C)(C)C)cc1c32)C(C)(C)CC4(C)C. The van der Waals surface area contributed by atoms with E-state index in [9.17, 15) is 0 Å². The Morgan fingerprint density at radius 1 is 0.435 bits per heavy atom. The summed E-state index contributed by atoms with van der Waals surface area (Å²) in [5, 5.41) is 0. The Kier molecular flexibility index (Phi) is 8.62. The minimum atomic E-state index is -0.0934. The van der Waals surface area contributed by atoms with Crippen LogP contribution in [0.5, 0.6) is 0 Å². The van der Waals surface area contributed by atoms with Crippen molar-refractivity contribution in [3.05, 3.63) is 148 Å². The van der Waals surface area contributed by atoms with Gasteiger partial charge in [-0.05, 0) is 161 Å². The second-order valence-electron chi connectivity index (χ2n) is 24.2. The van der Waals surface area contributed by atoms with E-state index in [-0.39, 0.29) is 39.2 Å². The first kappa shape index (κ1) is 41.0. The molecule has 0 aromatic heterocycles. The van der Waals surface area contributed by atoms with E-state index < -0.39 is 0 Å². The summed E-state index contributed by atoms with van der Waals surface area (Å²) in [6.45, 7) is 36.3. The van der Waals surface area contributed by atoms with Gasteiger partial charge in [-0.3, -0.25) is 0 Å². The van der Waals surface area contributed by atoms with Crippen LogP contribution in [0.3, 0.4) is 0 Å². The van der Waals surface area contributed by atoms with E-state index >= 15 is 0 Å². The van der Waals surface area contributed by atoms with Crippen molar-refractivity contribution in [1.29, 1.82) is 0 Å². The number of hydrogen-bond donors (Lipinski definition) is 0. The van der Waals surface area contributed by atoms with Gasteiger partial charge in [-0.2, -0.15) is 0 Å². The lowest BCUT2D eigenvalue weighted by molar-refractivity contribution is 0.403. The molecule has 0 saturated heterocycles. The summed E-state index contributed by atoms with van der Waals surface area (Å²) in [5.74, 6) is 0. The van der Waals surface area contributed by atoms with Gasteiger partial charge in [-0.25, -0.2) is 0 Å². The van der Waals surface area contributed by atoms with Gasteiger partial charge in [0.15, 0.2) is 0 Å². The number of rotatable bonds is 3. The normalized spacial score (nSPS) is 18.5. The van der Waals surface area contributed by atoms with Crippen LogP contribution in [-0.4, -0.2) is 6.71 Å². The highest BCUT2D eigenvalue weighted by molar-refractivity contribution is 7.00. The topological polar surface area (TPSA) is 6.48 Å². The molecule has 0 atom stereocenters. The molecule has 2 nitrogen and oxygen atoms in total. The molecule has 316 valence electrons. The average molecular weight is 815 g/mol. The predicted molar refractivity (Wildman–Crippen MR) is 269 cm³/mol. The van der Waals surface area contributed by atoms with Crippen molar-refractivity contribution < 1.29 is 0 Å². The van der Waals surface area contributed by atoms with Crippen LogP contribution in [0.4, 0.5) is 34.1 Å². The van der Waals surface area contributed by atoms with E-state index in [0.29, 0.717) is 0 Å². The summed E-state index contributed by atoms with van der Waals surface area (Å²) in [4.78, 5) is 5.35. The molecule has 6 aromatic rings. The Morgan fingerprint density at radius 2 is 1.00 bits per heavy atom. The minimum absolute atomic E-state index is 0.0132. The van der Waals surface area contributed by atoms with Crippen LogP contribution in [0, 0.1) is 6.92 Å². The minimum Gasteiger partial charge on any atom is -0.311 e. The molecule has 6 aromatic carbocycles. The summed E-state index contributed by atoms with van der Waals surface area (Å²) in [6.07, 6.45) is 2.28. The molecule has 0 N–H and O–H groups in total. The molecule has 3 heteroatoms. The third-order valence-corrected chi connectivity index (χ3v) is 15.4. The fourth-order valence-corrected chi connectivity index (χ4v) is 12.7. The first-order valence-electron chi connectivity index (χ1n) is 23.3. The van der Waals surface area contributed by atoms with Crippen molar-refractivity contribution in [2.45, 2.75) is 149 Å². The number of hydrogen-bond acceptors (Lipinski definition) is 2. The second-order valence-corrected chi connectivity index (χ2v) is 24.2. The van der Waals surface area contributed by atoms with Crippen molar-refractivity contribution in [2.24, 2.45) is 0 Å². The number of aryl methyl sites for hydroxylation is 1. The largest absolute Gasteiger partial charge is 0.311 e. The predicted octanol–water partition coefficient (Wildman–Crippen LogP) is 14.3. The summed E-state index contributed by atoms with van der Waals surface area (Å²) in [5.41, 5.74) is 24.6. The van der Waals surface area contributed by atoms with Gasteiger partial charge in [-0.15, -0.1) is 0 Å². The van der Waals surface area contributed by atoms with Crippen molar-refractivity contribution in [1.82, 2.24) is 0 Å². The van der Waals surface area contributed by atoms with Crippen LogP contribution in [0.2, 0.25) is 0 Å². The maximum atomic E-state index is 2.70. The molecule has 0 unspecified atom stereocenters. The highest BCUT2D eigenvalue weighted by atomic mass is 15.2. The zero-order valence-corrected chi connectivity index (χ0v) is 40.3. The van der Waals surface area contributed by atoms with Gasteiger partial charge in [-0.1, -0.05) is 164 Å². The van der Waals surface area contributed by atoms with E-state index in [4.69, 9.17) is 0 Å².